The molecule has 3 heterocycles. The van der Waals surface area contributed by atoms with Gasteiger partial charge in [0.15, 0.2) is 5.82 Å². The highest BCUT2D eigenvalue weighted by Gasteiger charge is 2.37. The third-order valence-electron chi connectivity index (χ3n) is 4.35. The van der Waals surface area contributed by atoms with Gasteiger partial charge in [-0.1, -0.05) is 6.07 Å². The molecule has 7 heteroatoms. The molecule has 0 N–H and O–H groups in total. The first-order valence-electron chi connectivity index (χ1n) is 8.28. The quantitative estimate of drug-likeness (QED) is 0.716. The van der Waals surface area contributed by atoms with Crippen molar-refractivity contribution in [3.63, 3.8) is 0 Å². The molecule has 0 bridgehead atoms. The molecular weight excluding hydrogens is 316 g/mol. The van der Waals surface area contributed by atoms with Crippen LogP contribution in [0.3, 0.4) is 0 Å². The molecule has 1 saturated carbocycles. The summed E-state index contributed by atoms with van der Waals surface area (Å²) in [6.07, 6.45) is 8.45. The summed E-state index contributed by atoms with van der Waals surface area (Å²) < 4.78 is 1.54. The second-order valence-corrected chi connectivity index (χ2v) is 6.12. The Balaban J connectivity index is 1.65. The molecule has 4 rings (SSSR count). The minimum Gasteiger partial charge on any atom is -0.327 e. The van der Waals surface area contributed by atoms with Crippen molar-refractivity contribution in [2.45, 2.75) is 31.8 Å². The Labute approximate surface area is 145 Å². The first kappa shape index (κ1) is 15.4. The summed E-state index contributed by atoms with van der Waals surface area (Å²) in [6, 6.07) is 9.47. The van der Waals surface area contributed by atoms with Gasteiger partial charge < -0.3 is 4.90 Å². The normalized spacial score (nSPS) is 14.9. The van der Waals surface area contributed by atoms with Gasteiger partial charge in [0.2, 0.25) is 0 Å². The zero-order chi connectivity index (χ0) is 17.2. The Kier molecular flexibility index (Phi) is 3.97. The number of pyridine rings is 2. The molecule has 3 aromatic heterocycles. The lowest BCUT2D eigenvalue weighted by Gasteiger charge is -2.29. The van der Waals surface area contributed by atoms with Gasteiger partial charge in [-0.25, -0.2) is 14.6 Å². The van der Waals surface area contributed by atoms with Crippen molar-refractivity contribution in [3.05, 3.63) is 66.6 Å². The highest BCUT2D eigenvalue weighted by Crippen LogP contribution is 2.35. The number of carbonyl (C=O) groups excluding carboxylic acids is 1. The van der Waals surface area contributed by atoms with E-state index >= 15 is 0 Å². The maximum atomic E-state index is 13.2. The van der Waals surface area contributed by atoms with Crippen LogP contribution in [-0.2, 0) is 0 Å². The number of amides is 1. The van der Waals surface area contributed by atoms with Crippen LogP contribution in [0.1, 0.15) is 41.9 Å². The van der Waals surface area contributed by atoms with Gasteiger partial charge in [0.25, 0.3) is 5.91 Å². The van der Waals surface area contributed by atoms with Crippen LogP contribution in [-0.4, -0.2) is 41.6 Å². The highest BCUT2D eigenvalue weighted by molar-refractivity contribution is 5.95. The predicted molar refractivity (Wildman–Crippen MR) is 91.0 cm³/mol. The largest absolute Gasteiger partial charge is 0.327 e. The molecular formula is C18H18N6O. The van der Waals surface area contributed by atoms with Gasteiger partial charge in [0.1, 0.15) is 12.7 Å². The highest BCUT2D eigenvalue weighted by atomic mass is 16.2. The molecule has 1 amide bonds. The second kappa shape index (κ2) is 6.43. The summed E-state index contributed by atoms with van der Waals surface area (Å²) in [7, 11) is 0. The smallest absolute Gasteiger partial charge is 0.254 e. The van der Waals surface area contributed by atoms with Crippen LogP contribution < -0.4 is 0 Å². The lowest BCUT2D eigenvalue weighted by atomic mass is 10.1. The molecule has 7 nitrogen and oxygen atoms in total. The van der Waals surface area contributed by atoms with Gasteiger partial charge in [-0.05, 0) is 44.0 Å². The molecule has 0 spiro atoms. The maximum absolute atomic E-state index is 13.2. The van der Waals surface area contributed by atoms with E-state index in [0.29, 0.717) is 11.4 Å². The van der Waals surface area contributed by atoms with E-state index in [1.54, 1.807) is 35.5 Å². The first-order chi connectivity index (χ1) is 12.2. The fraction of sp³-hybridized carbons (Fsp3) is 0.278. The van der Waals surface area contributed by atoms with E-state index in [9.17, 15) is 4.79 Å². The monoisotopic (exact) mass is 334 g/mol. The van der Waals surface area contributed by atoms with E-state index in [1.165, 1.54) is 6.33 Å². The van der Waals surface area contributed by atoms with Crippen molar-refractivity contribution in [3.8, 4) is 5.82 Å². The van der Waals surface area contributed by atoms with Crippen molar-refractivity contribution in [1.29, 1.82) is 0 Å². The maximum Gasteiger partial charge on any atom is 0.254 e. The summed E-state index contributed by atoms with van der Waals surface area (Å²) in [6.45, 7) is 2.03. The fourth-order valence-corrected chi connectivity index (χ4v) is 2.93. The lowest BCUT2D eigenvalue weighted by Crippen LogP contribution is -2.36. The number of hydrogen-bond donors (Lipinski definition) is 0. The van der Waals surface area contributed by atoms with E-state index in [2.05, 4.69) is 20.1 Å². The Hall–Kier alpha value is -3.09. The van der Waals surface area contributed by atoms with E-state index in [0.717, 1.165) is 18.5 Å². The van der Waals surface area contributed by atoms with E-state index < -0.39 is 0 Å². The van der Waals surface area contributed by atoms with Gasteiger partial charge in [0.05, 0.1) is 11.7 Å². The average molecular weight is 334 g/mol. The summed E-state index contributed by atoms with van der Waals surface area (Å²) >= 11 is 0. The zero-order valence-electron chi connectivity index (χ0n) is 13.9. The van der Waals surface area contributed by atoms with Crippen molar-refractivity contribution in [2.24, 2.45) is 0 Å². The minimum absolute atomic E-state index is 0.00980. The molecule has 0 saturated heterocycles. The molecule has 1 unspecified atom stereocenters. The Bertz CT molecular complexity index is 860. The topological polar surface area (TPSA) is 76.8 Å². The van der Waals surface area contributed by atoms with E-state index in [4.69, 9.17) is 0 Å². The molecule has 1 aliphatic rings. The fourth-order valence-electron chi connectivity index (χ4n) is 2.93. The van der Waals surface area contributed by atoms with Crippen LogP contribution in [0.4, 0.5) is 0 Å². The van der Waals surface area contributed by atoms with Crippen molar-refractivity contribution >= 4 is 5.91 Å². The van der Waals surface area contributed by atoms with Gasteiger partial charge in [-0.3, -0.25) is 9.78 Å². The molecule has 0 aromatic carbocycles. The second-order valence-electron chi connectivity index (χ2n) is 6.12. The van der Waals surface area contributed by atoms with Crippen LogP contribution in [0.5, 0.6) is 0 Å². The van der Waals surface area contributed by atoms with Crippen LogP contribution in [0, 0.1) is 0 Å². The molecule has 25 heavy (non-hydrogen) atoms. The van der Waals surface area contributed by atoms with Crippen molar-refractivity contribution in [1.82, 2.24) is 29.6 Å². The number of aromatic nitrogens is 5. The number of carbonyl (C=O) groups is 1. The number of hydrogen-bond acceptors (Lipinski definition) is 5. The van der Waals surface area contributed by atoms with Gasteiger partial charge >= 0.3 is 0 Å². The zero-order valence-corrected chi connectivity index (χ0v) is 13.9. The third kappa shape index (κ3) is 3.13. The standard InChI is InChI=1S/C18H18N6O/c1-13(16-4-2-3-8-20-16)24(15-5-6-15)18(25)14-7-9-21-17(10-14)23-12-19-11-22-23/h2-4,7-13,15H,5-6H2,1H3. The molecule has 1 atom stereocenters. The number of nitrogens with zero attached hydrogens (tertiary/aromatic N) is 6. The first-order valence-corrected chi connectivity index (χ1v) is 8.28. The Morgan fingerprint density at radius 1 is 1.24 bits per heavy atom. The minimum atomic E-state index is -0.0795. The summed E-state index contributed by atoms with van der Waals surface area (Å²) in [4.78, 5) is 27.7. The van der Waals surface area contributed by atoms with Crippen LogP contribution >= 0.6 is 0 Å². The summed E-state index contributed by atoms with van der Waals surface area (Å²) in [5, 5.41) is 4.07. The van der Waals surface area contributed by atoms with E-state index in [-0.39, 0.29) is 18.0 Å². The summed E-state index contributed by atoms with van der Waals surface area (Å²) in [5.41, 5.74) is 1.49. The van der Waals surface area contributed by atoms with Crippen molar-refractivity contribution in [2.75, 3.05) is 0 Å². The lowest BCUT2D eigenvalue weighted by molar-refractivity contribution is 0.0670. The molecule has 126 valence electrons. The third-order valence-corrected chi connectivity index (χ3v) is 4.35. The molecule has 3 aromatic rings. The van der Waals surface area contributed by atoms with Gasteiger partial charge in [0, 0.05) is 24.0 Å². The number of rotatable bonds is 5. The van der Waals surface area contributed by atoms with Crippen LogP contribution in [0.25, 0.3) is 5.82 Å². The molecule has 0 aliphatic heterocycles. The van der Waals surface area contributed by atoms with Crippen molar-refractivity contribution < 1.29 is 4.79 Å². The molecule has 0 radical (unpaired) electrons. The molecule has 1 aliphatic carbocycles. The Morgan fingerprint density at radius 3 is 2.80 bits per heavy atom. The Morgan fingerprint density at radius 2 is 2.12 bits per heavy atom. The van der Waals surface area contributed by atoms with Crippen LogP contribution in [0.15, 0.2) is 55.4 Å². The SMILES string of the molecule is CC(c1ccccn1)N(C(=O)c1ccnc(-n2cncn2)c1)C1CC1. The van der Waals surface area contributed by atoms with Gasteiger partial charge in [-0.15, -0.1) is 0 Å². The van der Waals surface area contributed by atoms with Crippen LogP contribution in [0.2, 0.25) is 0 Å². The van der Waals surface area contributed by atoms with Gasteiger partial charge in [-0.2, -0.15) is 5.10 Å². The summed E-state index contributed by atoms with van der Waals surface area (Å²) in [5.74, 6) is 0.564. The average Bonchev–Trinajstić information content (AvgIpc) is 3.34. The predicted octanol–water partition coefficient (Wildman–Crippen LogP) is 2.42. The van der Waals surface area contributed by atoms with E-state index in [1.807, 2.05) is 30.0 Å². The molecule has 1 fully saturated rings.